The van der Waals surface area contributed by atoms with Crippen LogP contribution < -0.4 is 5.32 Å². The van der Waals surface area contributed by atoms with Crippen LogP contribution in [0.4, 0.5) is 0 Å². The van der Waals surface area contributed by atoms with Gasteiger partial charge in [-0.15, -0.1) is 0 Å². The Morgan fingerprint density at radius 3 is 0.861 bits per heavy atom. The van der Waals surface area contributed by atoms with E-state index < -0.39 is 12.1 Å². The zero-order valence-corrected chi connectivity index (χ0v) is 53.9. The molecule has 6 nitrogen and oxygen atoms in total. The Labute approximate surface area is 495 Å². The van der Waals surface area contributed by atoms with Gasteiger partial charge in [0.15, 0.2) is 0 Å². The number of aliphatic hydroxyl groups is 2. The van der Waals surface area contributed by atoms with E-state index in [1.54, 1.807) is 6.08 Å². The predicted molar refractivity (Wildman–Crippen MR) is 347 cm³/mol. The van der Waals surface area contributed by atoms with Gasteiger partial charge in [-0.3, -0.25) is 9.59 Å². The van der Waals surface area contributed by atoms with Crippen LogP contribution in [0.2, 0.25) is 0 Å². The molecule has 0 aromatic rings. The number of hydrogen-bond donors (Lipinski definition) is 3. The molecule has 0 aliphatic rings. The highest BCUT2D eigenvalue weighted by molar-refractivity contribution is 5.76. The molecule has 79 heavy (non-hydrogen) atoms. The summed E-state index contributed by atoms with van der Waals surface area (Å²) in [5, 5.41) is 23.3. The van der Waals surface area contributed by atoms with E-state index in [0.29, 0.717) is 19.4 Å². The molecule has 6 heteroatoms. The second kappa shape index (κ2) is 69.1. The monoisotopic (exact) mass is 1110 g/mol. The summed E-state index contributed by atoms with van der Waals surface area (Å²) in [4.78, 5) is 24.6. The van der Waals surface area contributed by atoms with Crippen molar-refractivity contribution >= 4 is 11.9 Å². The lowest BCUT2D eigenvalue weighted by Crippen LogP contribution is -2.45. The van der Waals surface area contributed by atoms with Crippen LogP contribution in [0.25, 0.3) is 0 Å². The van der Waals surface area contributed by atoms with Crippen molar-refractivity contribution in [3.8, 4) is 0 Å². The van der Waals surface area contributed by atoms with Crippen LogP contribution in [0.15, 0.2) is 12.2 Å². The molecule has 0 aromatic heterocycles. The predicted octanol–water partition coefficient (Wildman–Crippen LogP) is 23.5. The van der Waals surface area contributed by atoms with Crippen molar-refractivity contribution in [2.24, 2.45) is 0 Å². The van der Waals surface area contributed by atoms with Gasteiger partial charge >= 0.3 is 5.97 Å². The molecule has 1 amide bonds. The first-order valence-corrected chi connectivity index (χ1v) is 36.5. The fourth-order valence-electron chi connectivity index (χ4n) is 11.8. The van der Waals surface area contributed by atoms with E-state index in [2.05, 4.69) is 19.2 Å². The molecule has 3 N–H and O–H groups in total. The fourth-order valence-corrected chi connectivity index (χ4v) is 11.8. The minimum Gasteiger partial charge on any atom is -0.466 e. The molecule has 0 aliphatic carbocycles. The minimum atomic E-state index is -0.846. The van der Waals surface area contributed by atoms with Crippen molar-refractivity contribution in [3.05, 3.63) is 12.2 Å². The first-order valence-electron chi connectivity index (χ1n) is 36.5. The maximum absolute atomic E-state index is 12.5. The molecule has 2 unspecified atom stereocenters. The zero-order chi connectivity index (χ0) is 57.1. The highest BCUT2D eigenvalue weighted by Crippen LogP contribution is 2.19. The third-order valence-corrected chi connectivity index (χ3v) is 17.3. The summed E-state index contributed by atoms with van der Waals surface area (Å²) < 4.78 is 5.50. The molecule has 2 atom stereocenters. The third kappa shape index (κ3) is 65.6. The fraction of sp³-hybridized carbons (Fsp3) is 0.945. The number of ether oxygens (including phenoxy) is 1. The van der Waals surface area contributed by atoms with Gasteiger partial charge in [0.1, 0.15) is 0 Å². The van der Waals surface area contributed by atoms with E-state index in [1.807, 2.05) is 6.08 Å². The summed E-state index contributed by atoms with van der Waals surface area (Å²) in [7, 11) is 0. The Bertz CT molecular complexity index is 1190. The van der Waals surface area contributed by atoms with Gasteiger partial charge in [0, 0.05) is 12.8 Å². The highest BCUT2D eigenvalue weighted by atomic mass is 16.5. The lowest BCUT2D eigenvalue weighted by Gasteiger charge is -2.20. The number of rotatable bonds is 69. The van der Waals surface area contributed by atoms with Gasteiger partial charge in [0.25, 0.3) is 0 Å². The normalized spacial score (nSPS) is 12.5. The number of hydrogen-bond acceptors (Lipinski definition) is 5. The molecule has 470 valence electrons. The number of esters is 1. The van der Waals surface area contributed by atoms with Gasteiger partial charge < -0.3 is 20.3 Å². The SMILES string of the molecule is CCCCCCCCCCCCCCCCCCCCCCCCC/C=C/C(O)C(CO)NC(=O)CCCCCCCCCCCCCCCCCCCCCCCCOC(=O)CCCCCCCCCCCCCCCCC. The van der Waals surface area contributed by atoms with Gasteiger partial charge in [-0.05, 0) is 32.1 Å². The summed E-state index contributed by atoms with van der Waals surface area (Å²) >= 11 is 0. The Balaban J connectivity index is 3.39. The Kier molecular flexibility index (Phi) is 67.9. The van der Waals surface area contributed by atoms with Crippen LogP contribution in [0, 0.1) is 0 Å². The summed E-state index contributed by atoms with van der Waals surface area (Å²) in [5.74, 6) is -0.0458. The molecule has 0 heterocycles. The van der Waals surface area contributed by atoms with E-state index >= 15 is 0 Å². The van der Waals surface area contributed by atoms with Crippen LogP contribution in [-0.4, -0.2) is 47.4 Å². The molecule has 0 rings (SSSR count). The van der Waals surface area contributed by atoms with Crippen LogP contribution >= 0.6 is 0 Å². The Hall–Kier alpha value is -1.40. The third-order valence-electron chi connectivity index (χ3n) is 17.3. The number of amides is 1. The molecule has 0 aliphatic heterocycles. The van der Waals surface area contributed by atoms with Gasteiger partial charge in [-0.1, -0.05) is 386 Å². The van der Waals surface area contributed by atoms with Crippen molar-refractivity contribution in [1.29, 1.82) is 0 Å². The summed E-state index contributed by atoms with van der Waals surface area (Å²) in [5.41, 5.74) is 0. The standard InChI is InChI=1S/C73H143NO5/c1-3-5-7-9-11-13-15-17-19-20-21-22-23-24-25-28-31-34-38-41-45-49-53-57-61-65-71(76)70(69-75)74-72(77)66-62-58-54-50-46-42-39-35-32-29-26-27-30-33-36-40-44-48-52-56-60-64-68-79-73(78)67-63-59-55-51-47-43-37-18-16-14-12-10-8-6-4-2/h61,65,70-71,75-76H,3-60,62-64,66-69H2,1-2H3,(H,74,77)/b65-61+. The van der Waals surface area contributed by atoms with Crippen molar-refractivity contribution in [1.82, 2.24) is 5.32 Å². The molecular formula is C73H143NO5. The van der Waals surface area contributed by atoms with Crippen molar-refractivity contribution < 1.29 is 24.5 Å². The molecule has 0 aromatic carbocycles. The largest absolute Gasteiger partial charge is 0.466 e. The van der Waals surface area contributed by atoms with Crippen LogP contribution in [0.3, 0.4) is 0 Å². The van der Waals surface area contributed by atoms with Gasteiger partial charge in [-0.2, -0.15) is 0 Å². The second-order valence-corrected chi connectivity index (χ2v) is 25.3. The second-order valence-electron chi connectivity index (χ2n) is 25.3. The minimum absolute atomic E-state index is 0.0169. The average molecular weight is 1110 g/mol. The van der Waals surface area contributed by atoms with E-state index in [1.165, 1.54) is 353 Å². The van der Waals surface area contributed by atoms with Gasteiger partial charge in [0.05, 0.1) is 25.4 Å². The number of unbranched alkanes of at least 4 members (excludes halogenated alkanes) is 58. The molecule has 0 saturated carbocycles. The van der Waals surface area contributed by atoms with E-state index in [9.17, 15) is 19.8 Å². The van der Waals surface area contributed by atoms with Crippen LogP contribution in [0.1, 0.15) is 418 Å². The molecule has 0 spiro atoms. The van der Waals surface area contributed by atoms with Crippen molar-refractivity contribution in [2.45, 2.75) is 431 Å². The first-order chi connectivity index (χ1) is 39.0. The summed E-state index contributed by atoms with van der Waals surface area (Å²) in [6, 6.07) is -0.629. The number of nitrogens with one attached hydrogen (secondary N) is 1. The number of aliphatic hydroxyl groups excluding tert-OH is 2. The van der Waals surface area contributed by atoms with Crippen molar-refractivity contribution in [3.63, 3.8) is 0 Å². The topological polar surface area (TPSA) is 95.9 Å². The summed E-state index contributed by atoms with van der Waals surface area (Å²) in [6.07, 6.45) is 85.8. The maximum atomic E-state index is 12.5. The molecular weight excluding hydrogens is 971 g/mol. The Morgan fingerprint density at radius 1 is 0.342 bits per heavy atom. The Morgan fingerprint density at radius 2 is 0.582 bits per heavy atom. The van der Waals surface area contributed by atoms with Crippen LogP contribution in [0.5, 0.6) is 0 Å². The first kappa shape index (κ1) is 77.6. The van der Waals surface area contributed by atoms with Gasteiger partial charge in [0.2, 0.25) is 5.91 Å². The molecule has 0 radical (unpaired) electrons. The average Bonchev–Trinajstić information content (AvgIpc) is 3.45. The maximum Gasteiger partial charge on any atom is 0.305 e. The lowest BCUT2D eigenvalue weighted by atomic mass is 10.0. The van der Waals surface area contributed by atoms with Gasteiger partial charge in [-0.25, -0.2) is 0 Å². The van der Waals surface area contributed by atoms with E-state index in [4.69, 9.17) is 4.74 Å². The molecule has 0 bridgehead atoms. The number of allylic oxidation sites excluding steroid dienone is 1. The molecule has 0 fully saturated rings. The van der Waals surface area contributed by atoms with E-state index in [0.717, 1.165) is 38.5 Å². The quantitative estimate of drug-likeness (QED) is 0.0320. The van der Waals surface area contributed by atoms with Crippen molar-refractivity contribution in [2.75, 3.05) is 13.2 Å². The number of carbonyl (C=O) groups is 2. The smallest absolute Gasteiger partial charge is 0.305 e. The summed E-state index contributed by atoms with van der Waals surface area (Å²) in [6.45, 7) is 4.95. The zero-order valence-electron chi connectivity index (χ0n) is 53.9. The number of carbonyl (C=O) groups excluding carboxylic acids is 2. The molecule has 0 saturated heterocycles. The highest BCUT2D eigenvalue weighted by Gasteiger charge is 2.18. The van der Waals surface area contributed by atoms with E-state index in [-0.39, 0.29) is 18.5 Å². The lowest BCUT2D eigenvalue weighted by molar-refractivity contribution is -0.143. The van der Waals surface area contributed by atoms with Crippen LogP contribution in [-0.2, 0) is 14.3 Å².